The van der Waals surface area contributed by atoms with Gasteiger partial charge in [-0.1, -0.05) is 30.3 Å². The third kappa shape index (κ3) is 1.26. The lowest BCUT2D eigenvalue weighted by Crippen LogP contribution is -1.92. The van der Waals surface area contributed by atoms with E-state index in [4.69, 9.17) is 0 Å². The molecule has 20 heavy (non-hydrogen) atoms. The van der Waals surface area contributed by atoms with Crippen LogP contribution < -0.4 is 0 Å². The lowest BCUT2D eigenvalue weighted by Gasteiger charge is -2.07. The van der Waals surface area contributed by atoms with Crippen molar-refractivity contribution >= 4 is 32.4 Å². The van der Waals surface area contributed by atoms with Crippen molar-refractivity contribution < 1.29 is 0 Å². The van der Waals surface area contributed by atoms with E-state index in [2.05, 4.69) is 60.8 Å². The molecular formula is C18H16N2. The summed E-state index contributed by atoms with van der Waals surface area (Å²) in [5.41, 5.74) is 3.73. The van der Waals surface area contributed by atoms with Crippen LogP contribution in [0.1, 0.15) is 11.4 Å². The van der Waals surface area contributed by atoms with Crippen LogP contribution >= 0.6 is 0 Å². The van der Waals surface area contributed by atoms with Crippen molar-refractivity contribution in [1.29, 1.82) is 0 Å². The summed E-state index contributed by atoms with van der Waals surface area (Å²) in [6, 6.07) is 12.8. The molecule has 0 aliphatic heterocycles. The molecule has 0 bridgehead atoms. The molecule has 2 heteroatoms. The van der Waals surface area contributed by atoms with Gasteiger partial charge in [-0.2, -0.15) is 0 Å². The van der Waals surface area contributed by atoms with Crippen molar-refractivity contribution in [2.24, 2.45) is 7.05 Å². The Labute approximate surface area is 117 Å². The number of aromatic nitrogens is 2. The van der Waals surface area contributed by atoms with Gasteiger partial charge in [-0.05, 0) is 25.3 Å². The molecule has 0 saturated carbocycles. The van der Waals surface area contributed by atoms with E-state index in [1.807, 2.05) is 12.3 Å². The van der Waals surface area contributed by atoms with Gasteiger partial charge in [0.25, 0.3) is 0 Å². The summed E-state index contributed by atoms with van der Waals surface area (Å²) in [5, 5.41) is 6.49. The number of hydrogen-bond donors (Lipinski definition) is 0. The standard InChI is InChI=1S/C18H16N2/c1-11-16-13-7-4-5-8-14(13)18-15(9-6-10-19-18)17(16)12(2)20(11)3/h4-10H,1-3H3. The molecule has 0 N–H and O–H groups in total. The average molecular weight is 260 g/mol. The van der Waals surface area contributed by atoms with Gasteiger partial charge in [-0.3, -0.25) is 4.98 Å². The first-order valence-electron chi connectivity index (χ1n) is 6.91. The molecule has 0 atom stereocenters. The Balaban J connectivity index is 2.50. The first kappa shape index (κ1) is 11.5. The SMILES string of the molecule is Cc1c2c3ccccc3c3ncccc3c2c(C)n1C. The molecule has 2 aromatic heterocycles. The average Bonchev–Trinajstić information content (AvgIpc) is 2.73. The molecule has 0 radical (unpaired) electrons. The van der Waals surface area contributed by atoms with Crippen LogP contribution in [0, 0.1) is 13.8 Å². The summed E-state index contributed by atoms with van der Waals surface area (Å²) < 4.78 is 2.28. The minimum Gasteiger partial charge on any atom is -0.351 e. The zero-order valence-electron chi connectivity index (χ0n) is 11.9. The van der Waals surface area contributed by atoms with E-state index in [9.17, 15) is 0 Å². The third-order valence-electron chi connectivity index (χ3n) is 4.51. The van der Waals surface area contributed by atoms with Crippen LogP contribution in [0.15, 0.2) is 42.6 Å². The molecule has 0 fully saturated rings. The highest BCUT2D eigenvalue weighted by atomic mass is 14.9. The number of nitrogens with zero attached hydrogens (tertiary/aromatic N) is 2. The first-order chi connectivity index (χ1) is 9.70. The molecular weight excluding hydrogens is 244 g/mol. The largest absolute Gasteiger partial charge is 0.351 e. The van der Waals surface area contributed by atoms with Gasteiger partial charge < -0.3 is 4.57 Å². The van der Waals surface area contributed by atoms with E-state index >= 15 is 0 Å². The zero-order chi connectivity index (χ0) is 13.9. The highest BCUT2D eigenvalue weighted by molar-refractivity contribution is 6.25. The maximum atomic E-state index is 4.63. The first-order valence-corrected chi connectivity index (χ1v) is 6.91. The summed E-state index contributed by atoms with van der Waals surface area (Å²) >= 11 is 0. The second kappa shape index (κ2) is 3.83. The quantitative estimate of drug-likeness (QED) is 0.426. The van der Waals surface area contributed by atoms with E-state index in [-0.39, 0.29) is 0 Å². The van der Waals surface area contributed by atoms with Crippen molar-refractivity contribution in [2.75, 3.05) is 0 Å². The summed E-state index contributed by atoms with van der Waals surface area (Å²) in [4.78, 5) is 4.63. The predicted octanol–water partition coefficient (Wildman–Crippen LogP) is 4.50. The molecule has 2 heterocycles. The smallest absolute Gasteiger partial charge is 0.0787 e. The molecule has 2 nitrogen and oxygen atoms in total. The molecule has 4 aromatic rings. The van der Waals surface area contributed by atoms with E-state index in [1.165, 1.54) is 38.3 Å². The summed E-state index contributed by atoms with van der Waals surface area (Å²) in [5.74, 6) is 0. The Morgan fingerprint density at radius 1 is 0.800 bits per heavy atom. The predicted molar refractivity (Wildman–Crippen MR) is 85.2 cm³/mol. The Morgan fingerprint density at radius 3 is 2.15 bits per heavy atom. The highest BCUT2D eigenvalue weighted by Crippen LogP contribution is 2.38. The number of fused-ring (bicyclic) bond motifs is 6. The number of aryl methyl sites for hydroxylation is 2. The summed E-state index contributed by atoms with van der Waals surface area (Å²) in [6.07, 6.45) is 1.88. The Morgan fingerprint density at radius 2 is 1.40 bits per heavy atom. The minimum absolute atomic E-state index is 1.10. The van der Waals surface area contributed by atoms with Gasteiger partial charge in [0, 0.05) is 46.2 Å². The molecule has 0 spiro atoms. The third-order valence-corrected chi connectivity index (χ3v) is 4.51. The van der Waals surface area contributed by atoms with Crippen LogP contribution in [0.5, 0.6) is 0 Å². The monoisotopic (exact) mass is 260 g/mol. The maximum absolute atomic E-state index is 4.63. The molecule has 0 saturated heterocycles. The van der Waals surface area contributed by atoms with Crippen LogP contribution in [-0.2, 0) is 7.05 Å². The number of hydrogen-bond acceptors (Lipinski definition) is 1. The fourth-order valence-electron chi connectivity index (χ4n) is 3.34. The van der Waals surface area contributed by atoms with Crippen LogP contribution in [-0.4, -0.2) is 9.55 Å². The Hall–Kier alpha value is -2.35. The lowest BCUT2D eigenvalue weighted by atomic mass is 9.98. The highest BCUT2D eigenvalue weighted by Gasteiger charge is 2.16. The fourth-order valence-corrected chi connectivity index (χ4v) is 3.34. The van der Waals surface area contributed by atoms with Gasteiger partial charge >= 0.3 is 0 Å². The van der Waals surface area contributed by atoms with E-state index in [0.717, 1.165) is 5.52 Å². The second-order valence-corrected chi connectivity index (χ2v) is 5.42. The Kier molecular flexibility index (Phi) is 2.19. The van der Waals surface area contributed by atoms with Crippen molar-refractivity contribution in [3.63, 3.8) is 0 Å². The van der Waals surface area contributed by atoms with Crippen LogP contribution in [0.25, 0.3) is 32.4 Å². The van der Waals surface area contributed by atoms with Crippen molar-refractivity contribution in [3.8, 4) is 0 Å². The van der Waals surface area contributed by atoms with E-state index < -0.39 is 0 Å². The molecule has 98 valence electrons. The number of benzene rings is 2. The van der Waals surface area contributed by atoms with Crippen molar-refractivity contribution in [2.45, 2.75) is 13.8 Å². The maximum Gasteiger partial charge on any atom is 0.0787 e. The molecule has 4 rings (SSSR count). The van der Waals surface area contributed by atoms with Gasteiger partial charge in [-0.25, -0.2) is 0 Å². The van der Waals surface area contributed by atoms with Crippen molar-refractivity contribution in [1.82, 2.24) is 9.55 Å². The molecule has 0 unspecified atom stereocenters. The normalized spacial score (nSPS) is 11.8. The van der Waals surface area contributed by atoms with Gasteiger partial charge in [0.05, 0.1) is 5.52 Å². The minimum atomic E-state index is 1.10. The second-order valence-electron chi connectivity index (χ2n) is 5.42. The number of rotatable bonds is 0. The van der Waals surface area contributed by atoms with Gasteiger partial charge in [0.2, 0.25) is 0 Å². The fraction of sp³-hybridized carbons (Fsp3) is 0.167. The summed E-state index contributed by atoms with van der Waals surface area (Å²) in [6.45, 7) is 4.39. The topological polar surface area (TPSA) is 17.8 Å². The lowest BCUT2D eigenvalue weighted by molar-refractivity contribution is 0.852. The molecule has 0 aliphatic carbocycles. The van der Waals surface area contributed by atoms with Crippen LogP contribution in [0.4, 0.5) is 0 Å². The Bertz CT molecular complexity index is 898. The van der Waals surface area contributed by atoms with Gasteiger partial charge in [0.1, 0.15) is 0 Å². The van der Waals surface area contributed by atoms with Crippen molar-refractivity contribution in [3.05, 3.63) is 54.0 Å². The van der Waals surface area contributed by atoms with Gasteiger partial charge in [-0.15, -0.1) is 0 Å². The van der Waals surface area contributed by atoms with Crippen LogP contribution in [0.2, 0.25) is 0 Å². The number of pyridine rings is 1. The molecule has 0 aliphatic rings. The van der Waals surface area contributed by atoms with Gasteiger partial charge in [0.15, 0.2) is 0 Å². The van der Waals surface area contributed by atoms with E-state index in [0.29, 0.717) is 0 Å². The van der Waals surface area contributed by atoms with Crippen LogP contribution in [0.3, 0.4) is 0 Å². The zero-order valence-corrected chi connectivity index (χ0v) is 11.9. The van der Waals surface area contributed by atoms with E-state index in [1.54, 1.807) is 0 Å². The molecule has 2 aromatic carbocycles. The molecule has 0 amide bonds. The summed E-state index contributed by atoms with van der Waals surface area (Å²) in [7, 11) is 2.14.